The van der Waals surface area contributed by atoms with E-state index in [1.165, 1.54) is 161 Å². The summed E-state index contributed by atoms with van der Waals surface area (Å²) < 4.78 is 37.2. The Morgan fingerprint density at radius 3 is 1.30 bits per heavy atom. The molecule has 10 unspecified atom stereocenters. The van der Waals surface area contributed by atoms with Gasteiger partial charge in [-0.3, -0.25) is 4.55 Å². The van der Waals surface area contributed by atoms with Gasteiger partial charge in [0.25, 0.3) is 0 Å². The highest BCUT2D eigenvalue weighted by atomic mass is 32.3. The van der Waals surface area contributed by atoms with Crippen LogP contribution in [0, 0.1) is 110 Å². The van der Waals surface area contributed by atoms with Crippen LogP contribution in [0.2, 0.25) is 0 Å². The largest absolute Gasteiger partial charge is 0.397 e. The average molecular weight is 1230 g/mol. The highest BCUT2D eigenvalue weighted by molar-refractivity contribution is 7.80. The number of hydrogen-bond donors (Lipinski definition) is 9. The average Bonchev–Trinajstić information content (AvgIpc) is 1.32. The van der Waals surface area contributed by atoms with Gasteiger partial charge in [0.2, 0.25) is 0 Å². The Labute approximate surface area is 529 Å². The molecule has 8 fully saturated rings. The predicted octanol–water partition coefficient (Wildman–Crippen LogP) is 14.1. The minimum Gasteiger partial charge on any atom is -0.393 e. The number of unbranched alkanes of at least 4 members (excludes halogenated alkanes) is 6. The Bertz CT molecular complexity index is 2070. The molecule has 504 valence electrons. The molecular formula is C73H140N6O6S. The third kappa shape index (κ3) is 18.3. The zero-order valence-corrected chi connectivity index (χ0v) is 58.4. The molecule has 22 atom stereocenters. The SMILES string of the molecule is CC(C)C(C)CC[C@@H](C)C1CCC2C3C(CC[C@@]21C)[C@@]1(C)CC[C@H](NCCCNCCCCN)C[C@@H]1C[C@H]3O.CC(C)C(CC[C@@H](C)C1CCC2C3C(CC[C@@]21C)[C@@]1(C)CC[C@H](NCCCNCCCCCCCCN)C[C@@H]1C[C@H]3O)OS(=O)(=O)O. The van der Waals surface area contributed by atoms with Crippen molar-refractivity contribution in [1.82, 2.24) is 21.3 Å². The van der Waals surface area contributed by atoms with Gasteiger partial charge in [-0.25, -0.2) is 4.18 Å². The van der Waals surface area contributed by atoms with Crippen molar-refractivity contribution in [2.45, 2.75) is 299 Å². The molecular weight excluding hydrogens is 1090 g/mol. The van der Waals surface area contributed by atoms with E-state index in [4.69, 9.17) is 15.7 Å². The van der Waals surface area contributed by atoms with Gasteiger partial charge in [0.05, 0.1) is 18.3 Å². The van der Waals surface area contributed by atoms with Gasteiger partial charge < -0.3 is 42.9 Å². The Balaban J connectivity index is 0.000000250. The lowest BCUT2D eigenvalue weighted by molar-refractivity contribution is -0.167. The number of nitrogens with one attached hydrogen (secondary N) is 4. The quantitative estimate of drug-likeness (QED) is 0.0218. The fourth-order valence-corrected chi connectivity index (χ4v) is 22.5. The Hall–Kier alpha value is -0.450. The van der Waals surface area contributed by atoms with E-state index in [0.717, 1.165) is 114 Å². The zero-order valence-electron chi connectivity index (χ0n) is 57.5. The first-order chi connectivity index (χ1) is 40.9. The summed E-state index contributed by atoms with van der Waals surface area (Å²) in [5.74, 6) is 9.24. The molecule has 13 heteroatoms. The summed E-state index contributed by atoms with van der Waals surface area (Å²) in [6, 6.07) is 1.22. The van der Waals surface area contributed by atoms with E-state index in [1.54, 1.807) is 0 Å². The fraction of sp³-hybridized carbons (Fsp3) is 1.00. The van der Waals surface area contributed by atoms with Crippen molar-refractivity contribution in [1.29, 1.82) is 0 Å². The maximum atomic E-state index is 11.8. The van der Waals surface area contributed by atoms with Crippen LogP contribution in [-0.2, 0) is 14.6 Å². The van der Waals surface area contributed by atoms with Gasteiger partial charge in [0.15, 0.2) is 0 Å². The zero-order chi connectivity index (χ0) is 62.5. The lowest BCUT2D eigenvalue weighted by Gasteiger charge is -2.62. The second-order valence-corrected chi connectivity index (χ2v) is 34.2. The van der Waals surface area contributed by atoms with E-state index in [1.807, 2.05) is 13.8 Å². The minimum absolute atomic E-state index is 0.0154. The van der Waals surface area contributed by atoms with Gasteiger partial charge in [-0.2, -0.15) is 8.42 Å². The normalized spacial score (nSPS) is 39.0. The smallest absolute Gasteiger partial charge is 0.393 e. The highest BCUT2D eigenvalue weighted by Gasteiger charge is 2.65. The summed E-state index contributed by atoms with van der Waals surface area (Å²) in [5.41, 5.74) is 12.6. The van der Waals surface area contributed by atoms with Crippen LogP contribution in [-0.4, -0.2) is 106 Å². The molecule has 0 aromatic rings. The molecule has 8 aliphatic rings. The highest BCUT2D eigenvalue weighted by Crippen LogP contribution is 2.70. The first-order valence-corrected chi connectivity index (χ1v) is 38.6. The van der Waals surface area contributed by atoms with Crippen LogP contribution >= 0.6 is 0 Å². The van der Waals surface area contributed by atoms with Crippen molar-refractivity contribution in [3.63, 3.8) is 0 Å². The molecule has 0 radical (unpaired) electrons. The molecule has 0 aromatic carbocycles. The maximum Gasteiger partial charge on any atom is 0.397 e. The second-order valence-electron chi connectivity index (χ2n) is 33.1. The van der Waals surface area contributed by atoms with Crippen LogP contribution in [0.3, 0.4) is 0 Å². The van der Waals surface area contributed by atoms with Gasteiger partial charge in [-0.05, 0) is 317 Å². The molecule has 86 heavy (non-hydrogen) atoms. The van der Waals surface area contributed by atoms with Gasteiger partial charge >= 0.3 is 10.4 Å². The van der Waals surface area contributed by atoms with E-state index < -0.39 is 16.5 Å². The summed E-state index contributed by atoms with van der Waals surface area (Å²) in [6.07, 6.45) is 36.0. The molecule has 0 aromatic heterocycles. The standard InChI is InChI=1S/C38H73N3O5S.C35H67N3O/c1-27(2)35(46-47(43,44)45)16-13-28(3)31-14-15-32-36-33(18-20-38(31,32)5)37(4)19-17-30(25-29(37)26-34(36)42)41-24-12-23-40-22-11-9-7-6-8-10-21-39;1-24(2)25(3)10-11-26(4)29-12-13-30-33-31(15-17-35(29,30)6)34(5)16-14-28(22-27(34)23-32(33)39)38-21-9-20-37-19-8-7-18-36/h27-36,40-42H,6-26,39H2,1-5H3,(H,43,44,45);24-33,37-39H,7-23,36H2,1-6H3/t28-,29-,30+,31?,32?,33?,34-,35?,36?,37+,38-;25?,26-,27-,28+,29?,30?,31?,32-,33?,34+,35-/m11/s1. The van der Waals surface area contributed by atoms with Crippen molar-refractivity contribution in [3.05, 3.63) is 0 Å². The topological polar surface area (TPSA) is 204 Å². The number of aliphatic hydroxyl groups is 2. The van der Waals surface area contributed by atoms with Crippen molar-refractivity contribution < 1.29 is 27.4 Å². The van der Waals surface area contributed by atoms with E-state index in [9.17, 15) is 23.2 Å². The lowest BCUT2D eigenvalue weighted by Crippen LogP contribution is -2.59. The molecule has 8 rings (SSSR count). The van der Waals surface area contributed by atoms with Crippen LogP contribution < -0.4 is 32.7 Å². The molecule has 0 bridgehead atoms. The fourth-order valence-electron chi connectivity index (χ4n) is 21.9. The third-order valence-electron chi connectivity index (χ3n) is 27.5. The molecule has 0 amide bonds. The Morgan fingerprint density at radius 1 is 0.465 bits per heavy atom. The van der Waals surface area contributed by atoms with Gasteiger partial charge in [0, 0.05) is 12.1 Å². The number of nitrogens with two attached hydrogens (primary N) is 2. The van der Waals surface area contributed by atoms with Crippen LogP contribution in [0.5, 0.6) is 0 Å². The third-order valence-corrected chi connectivity index (χ3v) is 28.0. The molecule has 0 spiro atoms. The predicted molar refractivity (Wildman–Crippen MR) is 359 cm³/mol. The molecule has 8 aliphatic carbocycles. The first-order valence-electron chi connectivity index (χ1n) is 37.2. The molecule has 0 heterocycles. The van der Waals surface area contributed by atoms with E-state index >= 15 is 0 Å². The second kappa shape index (κ2) is 33.6. The van der Waals surface area contributed by atoms with E-state index in [-0.39, 0.29) is 23.5 Å². The number of fused-ring (bicyclic) bond motifs is 10. The minimum atomic E-state index is -4.46. The lowest BCUT2D eigenvalue weighted by atomic mass is 9.43. The van der Waals surface area contributed by atoms with E-state index in [0.29, 0.717) is 82.1 Å². The first kappa shape index (κ1) is 73.0. The summed E-state index contributed by atoms with van der Waals surface area (Å²) in [5, 5.41) is 38.6. The van der Waals surface area contributed by atoms with Crippen molar-refractivity contribution >= 4 is 10.4 Å². The summed E-state index contributed by atoms with van der Waals surface area (Å²) in [4.78, 5) is 0. The monoisotopic (exact) mass is 1230 g/mol. The van der Waals surface area contributed by atoms with Gasteiger partial charge in [-0.15, -0.1) is 0 Å². The number of hydrogen-bond acceptors (Lipinski definition) is 11. The van der Waals surface area contributed by atoms with Crippen LogP contribution in [0.4, 0.5) is 0 Å². The Kier molecular flexibility index (Phi) is 28.5. The van der Waals surface area contributed by atoms with Crippen molar-refractivity contribution in [2.24, 2.45) is 122 Å². The van der Waals surface area contributed by atoms with Gasteiger partial charge in [0.1, 0.15) is 0 Å². The molecule has 0 saturated heterocycles. The maximum absolute atomic E-state index is 11.8. The number of rotatable bonds is 34. The molecule has 11 N–H and O–H groups in total. The number of aliphatic hydroxyl groups excluding tert-OH is 2. The summed E-state index contributed by atoms with van der Waals surface area (Å²) in [6.45, 7) is 34.7. The van der Waals surface area contributed by atoms with Crippen molar-refractivity contribution in [2.75, 3.05) is 52.4 Å². The molecule has 12 nitrogen and oxygen atoms in total. The van der Waals surface area contributed by atoms with Crippen LogP contribution in [0.25, 0.3) is 0 Å². The van der Waals surface area contributed by atoms with Crippen LogP contribution in [0.15, 0.2) is 0 Å². The Morgan fingerprint density at radius 2 is 0.860 bits per heavy atom. The van der Waals surface area contributed by atoms with Crippen LogP contribution in [0.1, 0.15) is 269 Å². The molecule has 0 aliphatic heterocycles. The summed E-state index contributed by atoms with van der Waals surface area (Å²) in [7, 11) is -4.46. The van der Waals surface area contributed by atoms with Gasteiger partial charge in [-0.1, -0.05) is 115 Å². The van der Waals surface area contributed by atoms with Crippen molar-refractivity contribution in [3.8, 4) is 0 Å². The summed E-state index contributed by atoms with van der Waals surface area (Å²) >= 11 is 0. The van der Waals surface area contributed by atoms with E-state index in [2.05, 4.69) is 83.6 Å². The molecule has 8 saturated carbocycles.